The van der Waals surface area contributed by atoms with Gasteiger partial charge in [-0.25, -0.2) is 0 Å². The molecule has 2 rings (SSSR count). The minimum Gasteiger partial charge on any atom is -0.395 e. The summed E-state index contributed by atoms with van der Waals surface area (Å²) in [6, 6.07) is 0.551. The van der Waals surface area contributed by atoms with E-state index in [-0.39, 0.29) is 18.6 Å². The van der Waals surface area contributed by atoms with Crippen molar-refractivity contribution in [2.24, 2.45) is 5.92 Å². The summed E-state index contributed by atoms with van der Waals surface area (Å²) in [5, 5.41) is 12.3. The van der Waals surface area contributed by atoms with E-state index in [1.807, 2.05) is 0 Å². The van der Waals surface area contributed by atoms with Gasteiger partial charge < -0.3 is 15.3 Å². The molecule has 4 heteroatoms. The molecule has 1 aliphatic heterocycles. The zero-order chi connectivity index (χ0) is 11.5. The van der Waals surface area contributed by atoms with Crippen LogP contribution in [0.4, 0.5) is 0 Å². The summed E-state index contributed by atoms with van der Waals surface area (Å²) in [5.41, 5.74) is 0. The van der Waals surface area contributed by atoms with Crippen LogP contribution in [0.25, 0.3) is 0 Å². The van der Waals surface area contributed by atoms with Gasteiger partial charge in [0, 0.05) is 19.6 Å². The highest BCUT2D eigenvalue weighted by atomic mass is 16.3. The van der Waals surface area contributed by atoms with E-state index in [4.69, 9.17) is 5.11 Å². The minimum absolute atomic E-state index is 0.00958. The summed E-state index contributed by atoms with van der Waals surface area (Å²) in [7, 11) is 1.77. The Kier molecular flexibility index (Phi) is 3.82. The van der Waals surface area contributed by atoms with Crippen molar-refractivity contribution in [3.8, 4) is 0 Å². The van der Waals surface area contributed by atoms with E-state index in [0.717, 1.165) is 6.42 Å². The van der Waals surface area contributed by atoms with E-state index in [1.54, 1.807) is 11.9 Å². The molecule has 0 bridgehead atoms. The molecular weight excluding hydrogens is 204 g/mol. The minimum atomic E-state index is -0.00958. The van der Waals surface area contributed by atoms with Gasteiger partial charge in [0.1, 0.15) is 0 Å². The van der Waals surface area contributed by atoms with Crippen LogP contribution in [0, 0.1) is 5.92 Å². The summed E-state index contributed by atoms with van der Waals surface area (Å²) >= 11 is 0. The molecule has 3 atom stereocenters. The SMILES string of the molecule is CN(CCO)C(=O)C1CC2CCCCC2N1. The zero-order valence-corrected chi connectivity index (χ0v) is 9.98. The lowest BCUT2D eigenvalue weighted by Crippen LogP contribution is -2.44. The van der Waals surface area contributed by atoms with E-state index in [9.17, 15) is 4.79 Å². The number of carbonyl (C=O) groups is 1. The number of aliphatic hydroxyl groups excluding tert-OH is 1. The topological polar surface area (TPSA) is 52.6 Å². The second kappa shape index (κ2) is 5.15. The summed E-state index contributed by atoms with van der Waals surface area (Å²) in [6.07, 6.45) is 6.08. The van der Waals surface area contributed by atoms with Gasteiger partial charge in [0.25, 0.3) is 0 Å². The lowest BCUT2D eigenvalue weighted by Gasteiger charge is -2.24. The van der Waals surface area contributed by atoms with Gasteiger partial charge in [-0.3, -0.25) is 4.79 Å². The molecule has 4 nitrogen and oxygen atoms in total. The number of nitrogens with zero attached hydrogens (tertiary/aromatic N) is 1. The fraction of sp³-hybridized carbons (Fsp3) is 0.917. The number of rotatable bonds is 3. The molecular formula is C12H22N2O2. The van der Waals surface area contributed by atoms with E-state index < -0.39 is 0 Å². The molecule has 1 heterocycles. The van der Waals surface area contributed by atoms with Crippen molar-refractivity contribution < 1.29 is 9.90 Å². The van der Waals surface area contributed by atoms with Crippen molar-refractivity contribution in [3.63, 3.8) is 0 Å². The number of fused-ring (bicyclic) bond motifs is 1. The first kappa shape index (κ1) is 11.9. The van der Waals surface area contributed by atoms with Gasteiger partial charge in [0.2, 0.25) is 5.91 Å². The van der Waals surface area contributed by atoms with Gasteiger partial charge in [-0.1, -0.05) is 12.8 Å². The van der Waals surface area contributed by atoms with Crippen LogP contribution in [-0.2, 0) is 4.79 Å². The molecule has 92 valence electrons. The fourth-order valence-electron chi connectivity index (χ4n) is 3.04. The number of aliphatic hydroxyl groups is 1. The zero-order valence-electron chi connectivity index (χ0n) is 9.98. The standard InChI is InChI=1S/C12H22N2O2/c1-14(6-7-15)12(16)11-8-9-4-2-3-5-10(9)13-11/h9-11,13,15H,2-8H2,1H3. The highest BCUT2D eigenvalue weighted by Crippen LogP contribution is 2.33. The Morgan fingerprint density at radius 3 is 2.88 bits per heavy atom. The third-order valence-electron chi connectivity index (χ3n) is 3.97. The normalized spacial score (nSPS) is 33.5. The largest absolute Gasteiger partial charge is 0.395 e. The Balaban J connectivity index is 1.89. The maximum absolute atomic E-state index is 12.0. The maximum atomic E-state index is 12.0. The number of nitrogens with one attached hydrogen (secondary N) is 1. The molecule has 1 amide bonds. The van der Waals surface area contributed by atoms with Crippen molar-refractivity contribution in [1.29, 1.82) is 0 Å². The van der Waals surface area contributed by atoms with Crippen LogP contribution < -0.4 is 5.32 Å². The summed E-state index contributed by atoms with van der Waals surface area (Å²) in [4.78, 5) is 13.7. The molecule has 0 spiro atoms. The van der Waals surface area contributed by atoms with Crippen molar-refractivity contribution in [1.82, 2.24) is 10.2 Å². The van der Waals surface area contributed by atoms with E-state index in [0.29, 0.717) is 18.5 Å². The predicted molar refractivity (Wildman–Crippen MR) is 62.0 cm³/mol. The summed E-state index contributed by atoms with van der Waals surface area (Å²) in [5.74, 6) is 0.841. The van der Waals surface area contributed by atoms with Crippen molar-refractivity contribution in [2.75, 3.05) is 20.2 Å². The van der Waals surface area contributed by atoms with Crippen LogP contribution in [0.3, 0.4) is 0 Å². The molecule has 2 fully saturated rings. The summed E-state index contributed by atoms with van der Waals surface area (Å²) < 4.78 is 0. The Hall–Kier alpha value is -0.610. The van der Waals surface area contributed by atoms with Crippen LogP contribution in [0.5, 0.6) is 0 Å². The number of amides is 1. The number of hydrogen-bond donors (Lipinski definition) is 2. The summed E-state index contributed by atoms with van der Waals surface area (Å²) in [6.45, 7) is 0.480. The molecule has 0 aromatic carbocycles. The highest BCUT2D eigenvalue weighted by Gasteiger charge is 2.38. The number of likely N-dealkylation sites (N-methyl/N-ethyl adjacent to an activating group) is 1. The molecule has 0 radical (unpaired) electrons. The van der Waals surface area contributed by atoms with Crippen molar-refractivity contribution >= 4 is 5.91 Å². The molecule has 1 saturated carbocycles. The number of hydrogen-bond acceptors (Lipinski definition) is 3. The molecule has 2 N–H and O–H groups in total. The van der Waals surface area contributed by atoms with Crippen LogP contribution >= 0.6 is 0 Å². The third-order valence-corrected chi connectivity index (χ3v) is 3.97. The van der Waals surface area contributed by atoms with Crippen LogP contribution in [0.2, 0.25) is 0 Å². The van der Waals surface area contributed by atoms with Gasteiger partial charge in [-0.15, -0.1) is 0 Å². The average molecular weight is 226 g/mol. The lowest BCUT2D eigenvalue weighted by atomic mass is 9.85. The molecule has 0 aromatic rings. The first-order valence-electron chi connectivity index (χ1n) is 6.34. The second-order valence-corrected chi connectivity index (χ2v) is 5.09. The smallest absolute Gasteiger partial charge is 0.239 e. The first-order valence-corrected chi connectivity index (χ1v) is 6.34. The molecule has 2 aliphatic rings. The monoisotopic (exact) mass is 226 g/mol. The van der Waals surface area contributed by atoms with Crippen LogP contribution in [0.1, 0.15) is 32.1 Å². The lowest BCUT2D eigenvalue weighted by molar-refractivity contribution is -0.132. The van der Waals surface area contributed by atoms with Gasteiger partial charge in [0.15, 0.2) is 0 Å². The van der Waals surface area contributed by atoms with Crippen molar-refractivity contribution in [3.05, 3.63) is 0 Å². The van der Waals surface area contributed by atoms with Gasteiger partial charge in [-0.2, -0.15) is 0 Å². The Bertz CT molecular complexity index is 243. The number of carbonyl (C=O) groups excluding carboxylic acids is 1. The van der Waals surface area contributed by atoms with Crippen molar-refractivity contribution in [2.45, 2.75) is 44.2 Å². The Morgan fingerprint density at radius 2 is 2.19 bits per heavy atom. The van der Waals surface area contributed by atoms with Gasteiger partial charge in [-0.05, 0) is 25.2 Å². The quantitative estimate of drug-likeness (QED) is 0.730. The molecule has 16 heavy (non-hydrogen) atoms. The van der Waals surface area contributed by atoms with Crippen LogP contribution in [0.15, 0.2) is 0 Å². The molecule has 3 unspecified atom stereocenters. The van der Waals surface area contributed by atoms with Crippen LogP contribution in [-0.4, -0.2) is 48.2 Å². The highest BCUT2D eigenvalue weighted by molar-refractivity contribution is 5.82. The molecule has 0 aromatic heterocycles. The molecule has 1 aliphatic carbocycles. The molecule has 1 saturated heterocycles. The predicted octanol–water partition coefficient (Wildman–Crippen LogP) is 0.358. The maximum Gasteiger partial charge on any atom is 0.239 e. The third kappa shape index (κ3) is 2.38. The van der Waals surface area contributed by atoms with E-state index in [1.165, 1.54) is 25.7 Å². The van der Waals surface area contributed by atoms with E-state index in [2.05, 4.69) is 5.32 Å². The second-order valence-electron chi connectivity index (χ2n) is 5.09. The fourth-order valence-corrected chi connectivity index (χ4v) is 3.04. The van der Waals surface area contributed by atoms with Gasteiger partial charge in [0.05, 0.1) is 12.6 Å². The average Bonchev–Trinajstić information content (AvgIpc) is 2.71. The Morgan fingerprint density at radius 1 is 1.44 bits per heavy atom. The Labute approximate surface area is 97.0 Å². The van der Waals surface area contributed by atoms with E-state index >= 15 is 0 Å². The van der Waals surface area contributed by atoms with Gasteiger partial charge >= 0.3 is 0 Å². The first-order chi connectivity index (χ1) is 7.72.